The summed E-state index contributed by atoms with van der Waals surface area (Å²) in [6, 6.07) is 7.52. The predicted molar refractivity (Wildman–Crippen MR) is 63.3 cm³/mol. The highest BCUT2D eigenvalue weighted by Crippen LogP contribution is 2.34. The summed E-state index contributed by atoms with van der Waals surface area (Å²) in [6.45, 7) is 3.13. The second-order valence-electron chi connectivity index (χ2n) is 4.08. The summed E-state index contributed by atoms with van der Waals surface area (Å²) in [5, 5.41) is 0.712. The first kappa shape index (κ1) is 11.9. The molecule has 2 unspecified atom stereocenters. The van der Waals surface area contributed by atoms with Crippen LogP contribution < -0.4 is 5.73 Å². The van der Waals surface area contributed by atoms with Crippen molar-refractivity contribution in [3.63, 3.8) is 0 Å². The Kier molecular flexibility index (Phi) is 3.50. The van der Waals surface area contributed by atoms with Gasteiger partial charge in [-0.05, 0) is 32.0 Å². The number of ether oxygens (including phenoxy) is 2. The van der Waals surface area contributed by atoms with Crippen molar-refractivity contribution in [2.45, 2.75) is 25.2 Å². The zero-order valence-electron chi connectivity index (χ0n) is 9.28. The van der Waals surface area contributed by atoms with Crippen LogP contribution in [0.1, 0.15) is 18.9 Å². The first-order chi connectivity index (χ1) is 7.64. The molecule has 0 aromatic heterocycles. The quantitative estimate of drug-likeness (QED) is 0.883. The molecular weight excluding hydrogens is 226 g/mol. The molecule has 1 saturated heterocycles. The summed E-state index contributed by atoms with van der Waals surface area (Å²) in [6.07, 6.45) is 0.911. The fourth-order valence-electron chi connectivity index (χ4n) is 1.87. The molecule has 1 aromatic rings. The minimum absolute atomic E-state index is 0.0886. The number of rotatable bonds is 3. The molecule has 1 fully saturated rings. The van der Waals surface area contributed by atoms with E-state index < -0.39 is 5.79 Å². The lowest BCUT2D eigenvalue weighted by molar-refractivity contribution is -0.162. The number of hydrogen-bond acceptors (Lipinski definition) is 3. The molecule has 1 aromatic carbocycles. The summed E-state index contributed by atoms with van der Waals surface area (Å²) >= 11 is 5.84. The first-order valence-corrected chi connectivity index (χ1v) is 5.80. The summed E-state index contributed by atoms with van der Waals surface area (Å²) in [5.74, 6) is -0.662. The summed E-state index contributed by atoms with van der Waals surface area (Å²) in [7, 11) is 0. The molecule has 1 heterocycles. The fourth-order valence-corrected chi connectivity index (χ4v) is 2.00. The van der Waals surface area contributed by atoms with Crippen molar-refractivity contribution in [1.29, 1.82) is 0 Å². The first-order valence-electron chi connectivity index (χ1n) is 5.42. The van der Waals surface area contributed by atoms with Crippen LogP contribution in [0.25, 0.3) is 0 Å². The van der Waals surface area contributed by atoms with Gasteiger partial charge in [-0.2, -0.15) is 0 Å². The number of benzene rings is 1. The molecule has 4 heteroatoms. The molecule has 2 N–H and O–H groups in total. The van der Waals surface area contributed by atoms with Gasteiger partial charge in [0.25, 0.3) is 0 Å². The van der Waals surface area contributed by atoms with Gasteiger partial charge < -0.3 is 15.2 Å². The Morgan fingerprint density at radius 2 is 2.12 bits per heavy atom. The van der Waals surface area contributed by atoms with Crippen molar-refractivity contribution in [1.82, 2.24) is 0 Å². The predicted octanol–water partition coefficient (Wildman–Crippen LogP) is 2.28. The van der Waals surface area contributed by atoms with E-state index in [0.29, 0.717) is 18.2 Å². The summed E-state index contributed by atoms with van der Waals surface area (Å²) in [4.78, 5) is 0. The summed E-state index contributed by atoms with van der Waals surface area (Å²) < 4.78 is 11.6. The van der Waals surface area contributed by atoms with Crippen LogP contribution in [0.5, 0.6) is 0 Å². The van der Waals surface area contributed by atoms with E-state index in [1.807, 2.05) is 31.2 Å². The molecule has 2 rings (SSSR count). The van der Waals surface area contributed by atoms with E-state index in [4.69, 9.17) is 26.8 Å². The lowest BCUT2D eigenvalue weighted by atomic mass is 10.1. The minimum Gasteiger partial charge on any atom is -0.343 e. The van der Waals surface area contributed by atoms with Crippen LogP contribution in [0.4, 0.5) is 0 Å². The maximum absolute atomic E-state index is 5.87. The standard InChI is InChI=1S/C12H16ClNO2/c1-12(9-2-4-10(13)5-3-9)15-8-11(16-12)6-7-14/h2-5,11H,6-8,14H2,1H3. The van der Waals surface area contributed by atoms with Crippen molar-refractivity contribution in [3.8, 4) is 0 Å². The Bertz CT molecular complexity index is 355. The molecule has 2 atom stereocenters. The van der Waals surface area contributed by atoms with Crippen LogP contribution >= 0.6 is 11.6 Å². The molecule has 0 amide bonds. The van der Waals surface area contributed by atoms with Crippen molar-refractivity contribution < 1.29 is 9.47 Å². The van der Waals surface area contributed by atoms with Crippen molar-refractivity contribution in [3.05, 3.63) is 34.9 Å². The normalized spacial score (nSPS) is 29.6. The van der Waals surface area contributed by atoms with Gasteiger partial charge >= 0.3 is 0 Å². The Hall–Kier alpha value is -0.610. The average molecular weight is 242 g/mol. The number of halogens is 1. The highest BCUT2D eigenvalue weighted by atomic mass is 35.5. The average Bonchev–Trinajstić information content (AvgIpc) is 2.63. The van der Waals surface area contributed by atoms with Gasteiger partial charge in [-0.3, -0.25) is 0 Å². The molecule has 16 heavy (non-hydrogen) atoms. The molecule has 1 aliphatic rings. The van der Waals surface area contributed by atoms with Crippen molar-refractivity contribution in [2.75, 3.05) is 13.2 Å². The number of nitrogens with two attached hydrogens (primary N) is 1. The third-order valence-electron chi connectivity index (χ3n) is 2.79. The van der Waals surface area contributed by atoms with Gasteiger partial charge in [0.15, 0.2) is 5.79 Å². The maximum atomic E-state index is 5.87. The van der Waals surface area contributed by atoms with E-state index in [0.717, 1.165) is 12.0 Å². The van der Waals surface area contributed by atoms with Gasteiger partial charge in [0.1, 0.15) is 0 Å². The maximum Gasteiger partial charge on any atom is 0.192 e. The van der Waals surface area contributed by atoms with Crippen LogP contribution in [0.3, 0.4) is 0 Å². The highest BCUT2D eigenvalue weighted by molar-refractivity contribution is 6.30. The molecule has 3 nitrogen and oxygen atoms in total. The SMILES string of the molecule is CC1(c2ccc(Cl)cc2)OCC(CCN)O1. The third-order valence-corrected chi connectivity index (χ3v) is 3.05. The van der Waals surface area contributed by atoms with Crippen LogP contribution in [-0.2, 0) is 15.3 Å². The van der Waals surface area contributed by atoms with Gasteiger partial charge in [0, 0.05) is 10.6 Å². The Balaban J connectivity index is 2.12. The minimum atomic E-state index is -0.662. The smallest absolute Gasteiger partial charge is 0.192 e. The van der Waals surface area contributed by atoms with E-state index in [9.17, 15) is 0 Å². The second kappa shape index (κ2) is 4.72. The lowest BCUT2D eigenvalue weighted by Crippen LogP contribution is -2.24. The van der Waals surface area contributed by atoms with E-state index in [-0.39, 0.29) is 6.10 Å². The van der Waals surface area contributed by atoms with Gasteiger partial charge in [-0.15, -0.1) is 0 Å². The van der Waals surface area contributed by atoms with Crippen LogP contribution in [0, 0.1) is 0 Å². The topological polar surface area (TPSA) is 44.5 Å². The highest BCUT2D eigenvalue weighted by Gasteiger charge is 2.38. The molecular formula is C12H16ClNO2. The van der Waals surface area contributed by atoms with E-state index >= 15 is 0 Å². The molecule has 0 saturated carbocycles. The lowest BCUT2D eigenvalue weighted by Gasteiger charge is -2.23. The molecule has 0 aliphatic carbocycles. The molecule has 88 valence electrons. The van der Waals surface area contributed by atoms with Gasteiger partial charge in [0.2, 0.25) is 0 Å². The third kappa shape index (κ3) is 2.38. The van der Waals surface area contributed by atoms with Crippen LogP contribution in [0.15, 0.2) is 24.3 Å². The zero-order valence-corrected chi connectivity index (χ0v) is 10.0. The molecule has 0 radical (unpaired) electrons. The second-order valence-corrected chi connectivity index (χ2v) is 4.52. The number of hydrogen-bond donors (Lipinski definition) is 1. The Labute approximate surface area is 100 Å². The Morgan fingerprint density at radius 3 is 2.75 bits per heavy atom. The largest absolute Gasteiger partial charge is 0.343 e. The van der Waals surface area contributed by atoms with Gasteiger partial charge in [-0.25, -0.2) is 0 Å². The van der Waals surface area contributed by atoms with Gasteiger partial charge in [-0.1, -0.05) is 23.7 Å². The van der Waals surface area contributed by atoms with E-state index in [2.05, 4.69) is 0 Å². The molecule has 0 spiro atoms. The zero-order chi connectivity index (χ0) is 11.6. The van der Waals surface area contributed by atoms with E-state index in [1.165, 1.54) is 0 Å². The van der Waals surface area contributed by atoms with Crippen molar-refractivity contribution in [2.24, 2.45) is 5.73 Å². The van der Waals surface area contributed by atoms with E-state index in [1.54, 1.807) is 0 Å². The van der Waals surface area contributed by atoms with Crippen LogP contribution in [-0.4, -0.2) is 19.3 Å². The Morgan fingerprint density at radius 1 is 1.44 bits per heavy atom. The summed E-state index contributed by atoms with van der Waals surface area (Å²) in [5.41, 5.74) is 6.49. The molecule has 1 aliphatic heterocycles. The van der Waals surface area contributed by atoms with Crippen LogP contribution in [0.2, 0.25) is 5.02 Å². The van der Waals surface area contributed by atoms with Gasteiger partial charge in [0.05, 0.1) is 12.7 Å². The monoisotopic (exact) mass is 241 g/mol. The molecule has 0 bridgehead atoms. The van der Waals surface area contributed by atoms with Crippen molar-refractivity contribution >= 4 is 11.6 Å². The fraction of sp³-hybridized carbons (Fsp3) is 0.500.